The second-order valence-electron chi connectivity index (χ2n) is 7.21. The molecule has 1 N–H and O–H groups in total. The number of thioether (sulfide) groups is 1. The largest absolute Gasteiger partial charge is 0.354 e. The molecule has 2 rings (SSSR count). The fourth-order valence-electron chi connectivity index (χ4n) is 2.96. The van der Waals surface area contributed by atoms with Gasteiger partial charge in [-0.05, 0) is 43.5 Å². The minimum atomic E-state index is -0.552. The van der Waals surface area contributed by atoms with Gasteiger partial charge in [0.1, 0.15) is 6.04 Å². The van der Waals surface area contributed by atoms with Crippen molar-refractivity contribution in [1.82, 2.24) is 10.2 Å². The average molecular weight is 467 g/mol. The van der Waals surface area contributed by atoms with Crippen LogP contribution in [0.3, 0.4) is 0 Å². The fourth-order valence-corrected chi connectivity index (χ4v) is 4.42. The van der Waals surface area contributed by atoms with Gasteiger partial charge < -0.3 is 10.2 Å². The highest BCUT2D eigenvalue weighted by atomic mass is 35.5. The molecule has 0 aliphatic carbocycles. The van der Waals surface area contributed by atoms with Crippen molar-refractivity contribution in [3.05, 3.63) is 69.2 Å². The second-order valence-corrected chi connectivity index (χ2v) is 9.04. The fraction of sp³-hybridized carbons (Fsp3) is 0.391. The van der Waals surface area contributed by atoms with E-state index in [4.69, 9.17) is 23.2 Å². The number of benzene rings is 2. The van der Waals surface area contributed by atoms with Gasteiger partial charge in [0.2, 0.25) is 11.8 Å². The van der Waals surface area contributed by atoms with Crippen molar-refractivity contribution in [2.45, 2.75) is 45.5 Å². The van der Waals surface area contributed by atoms with Gasteiger partial charge in [-0.2, -0.15) is 0 Å². The van der Waals surface area contributed by atoms with Gasteiger partial charge in [0.25, 0.3) is 0 Å². The Kier molecular flexibility index (Phi) is 10.0. The molecule has 7 heteroatoms. The summed E-state index contributed by atoms with van der Waals surface area (Å²) in [7, 11) is 0. The highest BCUT2D eigenvalue weighted by molar-refractivity contribution is 7.99. The zero-order valence-corrected chi connectivity index (χ0v) is 19.9. The summed E-state index contributed by atoms with van der Waals surface area (Å²) < 4.78 is 0. The van der Waals surface area contributed by atoms with Gasteiger partial charge in [0, 0.05) is 28.9 Å². The third-order valence-corrected chi connectivity index (χ3v) is 6.20. The Morgan fingerprint density at radius 1 is 1.17 bits per heavy atom. The van der Waals surface area contributed by atoms with Crippen LogP contribution in [-0.4, -0.2) is 35.1 Å². The van der Waals surface area contributed by atoms with Gasteiger partial charge in [-0.15, -0.1) is 11.8 Å². The third-order valence-electron chi connectivity index (χ3n) is 4.65. The van der Waals surface area contributed by atoms with Crippen LogP contribution in [0.15, 0.2) is 42.5 Å². The Morgan fingerprint density at radius 3 is 2.60 bits per heavy atom. The van der Waals surface area contributed by atoms with Crippen LogP contribution in [0.1, 0.15) is 37.0 Å². The quantitative estimate of drug-likeness (QED) is 0.504. The number of halogens is 2. The standard InChI is InChI=1S/C23H28Cl2N2O2S/c1-4-10-26-23(29)17(3)27(13-18-7-5-6-16(2)11-18)22(28)15-30-14-19-8-9-20(24)12-21(19)25/h5-9,11-12,17H,4,10,13-15H2,1-3H3,(H,26,29)/t17-/m0/s1. The maximum absolute atomic E-state index is 13.1. The lowest BCUT2D eigenvalue weighted by Gasteiger charge is -2.29. The first-order valence-corrected chi connectivity index (χ1v) is 11.9. The van der Waals surface area contributed by atoms with Gasteiger partial charge in [-0.3, -0.25) is 9.59 Å². The van der Waals surface area contributed by atoms with Crippen molar-refractivity contribution in [1.29, 1.82) is 0 Å². The van der Waals surface area contributed by atoms with E-state index in [0.717, 1.165) is 23.1 Å². The maximum atomic E-state index is 13.1. The first-order valence-electron chi connectivity index (χ1n) is 9.96. The van der Waals surface area contributed by atoms with Crippen molar-refractivity contribution in [3.8, 4) is 0 Å². The maximum Gasteiger partial charge on any atom is 0.242 e. The van der Waals surface area contributed by atoms with Crippen LogP contribution in [-0.2, 0) is 21.9 Å². The zero-order valence-electron chi connectivity index (χ0n) is 17.6. The summed E-state index contributed by atoms with van der Waals surface area (Å²) in [6, 6.07) is 12.8. The van der Waals surface area contributed by atoms with Crippen LogP contribution in [0.25, 0.3) is 0 Å². The van der Waals surface area contributed by atoms with E-state index in [9.17, 15) is 9.59 Å². The van der Waals surface area contributed by atoms with Gasteiger partial charge in [0.05, 0.1) is 5.75 Å². The number of rotatable bonds is 10. The summed E-state index contributed by atoms with van der Waals surface area (Å²) in [5, 5.41) is 4.06. The Morgan fingerprint density at radius 2 is 1.93 bits per heavy atom. The summed E-state index contributed by atoms with van der Waals surface area (Å²) >= 11 is 13.6. The van der Waals surface area contributed by atoms with E-state index in [-0.39, 0.29) is 17.6 Å². The summed E-state index contributed by atoms with van der Waals surface area (Å²) in [5.41, 5.74) is 3.05. The summed E-state index contributed by atoms with van der Waals surface area (Å²) in [4.78, 5) is 27.2. The molecular weight excluding hydrogens is 439 g/mol. The SMILES string of the molecule is CCCNC(=O)[C@H](C)N(Cc1cccc(C)c1)C(=O)CSCc1ccc(Cl)cc1Cl. The van der Waals surface area contributed by atoms with E-state index >= 15 is 0 Å². The molecule has 2 aromatic rings. The number of carbonyl (C=O) groups excluding carboxylic acids is 2. The highest BCUT2D eigenvalue weighted by Gasteiger charge is 2.25. The minimum Gasteiger partial charge on any atom is -0.354 e. The zero-order chi connectivity index (χ0) is 22.1. The molecule has 0 heterocycles. The number of hydrogen-bond donors (Lipinski definition) is 1. The molecule has 0 radical (unpaired) electrons. The lowest BCUT2D eigenvalue weighted by molar-refractivity contribution is -0.138. The minimum absolute atomic E-state index is 0.0780. The summed E-state index contributed by atoms with van der Waals surface area (Å²) in [6.45, 7) is 6.78. The number of hydrogen-bond acceptors (Lipinski definition) is 3. The van der Waals surface area contributed by atoms with Gasteiger partial charge >= 0.3 is 0 Å². The van der Waals surface area contributed by atoms with Gasteiger partial charge in [-0.25, -0.2) is 0 Å². The van der Waals surface area contributed by atoms with Crippen LogP contribution in [0.4, 0.5) is 0 Å². The molecule has 0 aliphatic heterocycles. The molecule has 4 nitrogen and oxygen atoms in total. The molecule has 0 saturated heterocycles. The van der Waals surface area contributed by atoms with Crippen LogP contribution in [0.5, 0.6) is 0 Å². The van der Waals surface area contributed by atoms with Crippen LogP contribution in [0, 0.1) is 6.92 Å². The first kappa shape index (κ1) is 24.6. The predicted molar refractivity (Wildman–Crippen MR) is 127 cm³/mol. The van der Waals surface area contributed by atoms with Crippen molar-refractivity contribution < 1.29 is 9.59 Å². The molecule has 0 bridgehead atoms. The highest BCUT2D eigenvalue weighted by Crippen LogP contribution is 2.25. The Balaban J connectivity index is 2.07. The topological polar surface area (TPSA) is 49.4 Å². The summed E-state index contributed by atoms with van der Waals surface area (Å²) in [6.07, 6.45) is 0.849. The first-order chi connectivity index (χ1) is 14.3. The molecule has 2 aromatic carbocycles. The lowest BCUT2D eigenvalue weighted by Crippen LogP contribution is -2.48. The number of carbonyl (C=O) groups is 2. The molecule has 2 amide bonds. The van der Waals surface area contributed by atoms with Crippen molar-refractivity contribution >= 4 is 46.8 Å². The lowest BCUT2D eigenvalue weighted by atomic mass is 10.1. The molecule has 0 saturated carbocycles. The van der Waals surface area contributed by atoms with Gasteiger partial charge in [0.15, 0.2) is 0 Å². The second kappa shape index (κ2) is 12.2. The molecule has 0 aliphatic rings. The van der Waals surface area contributed by atoms with E-state index in [1.165, 1.54) is 11.8 Å². The normalized spacial score (nSPS) is 11.8. The van der Waals surface area contributed by atoms with Crippen molar-refractivity contribution in [3.63, 3.8) is 0 Å². The van der Waals surface area contributed by atoms with Crippen LogP contribution >= 0.6 is 35.0 Å². The molecule has 0 fully saturated rings. The third kappa shape index (κ3) is 7.53. The molecule has 30 heavy (non-hydrogen) atoms. The van der Waals surface area contributed by atoms with Crippen LogP contribution < -0.4 is 5.32 Å². The van der Waals surface area contributed by atoms with E-state index in [0.29, 0.717) is 28.9 Å². The summed E-state index contributed by atoms with van der Waals surface area (Å²) in [5.74, 6) is 0.640. The molecule has 0 unspecified atom stereocenters. The van der Waals surface area contributed by atoms with E-state index in [2.05, 4.69) is 5.32 Å². The van der Waals surface area contributed by atoms with E-state index < -0.39 is 6.04 Å². The number of aryl methyl sites for hydroxylation is 1. The van der Waals surface area contributed by atoms with Crippen LogP contribution in [0.2, 0.25) is 10.0 Å². The van der Waals surface area contributed by atoms with E-state index in [1.54, 1.807) is 24.0 Å². The molecule has 1 atom stereocenters. The molecule has 0 spiro atoms. The number of nitrogens with one attached hydrogen (secondary N) is 1. The predicted octanol–water partition coefficient (Wildman–Crippen LogP) is 5.48. The molecular formula is C23H28Cl2N2O2S. The Labute approximate surface area is 193 Å². The monoisotopic (exact) mass is 466 g/mol. The Bertz CT molecular complexity index is 876. The average Bonchev–Trinajstić information content (AvgIpc) is 2.71. The molecule has 0 aromatic heterocycles. The van der Waals surface area contributed by atoms with Gasteiger partial charge in [-0.1, -0.05) is 66.0 Å². The van der Waals surface area contributed by atoms with E-state index in [1.807, 2.05) is 44.2 Å². The van der Waals surface area contributed by atoms with Crippen molar-refractivity contribution in [2.75, 3.05) is 12.3 Å². The molecule has 162 valence electrons. The number of amides is 2. The Hall–Kier alpha value is -1.69. The van der Waals surface area contributed by atoms with Crippen molar-refractivity contribution in [2.24, 2.45) is 0 Å². The number of nitrogens with zero attached hydrogens (tertiary/aromatic N) is 1. The smallest absolute Gasteiger partial charge is 0.242 e.